The minimum atomic E-state index is -0.363. The molecule has 0 spiro atoms. The molecule has 0 aliphatic heterocycles. The van der Waals surface area contributed by atoms with Gasteiger partial charge in [-0.3, -0.25) is 9.59 Å². The van der Waals surface area contributed by atoms with Crippen molar-refractivity contribution in [2.24, 2.45) is 0 Å². The molecule has 1 aliphatic carbocycles. The van der Waals surface area contributed by atoms with Crippen molar-refractivity contribution < 1.29 is 19.4 Å². The third kappa shape index (κ3) is 3.40. The van der Waals surface area contributed by atoms with E-state index in [-0.39, 0.29) is 28.4 Å². The van der Waals surface area contributed by atoms with Gasteiger partial charge in [0, 0.05) is 16.8 Å². The van der Waals surface area contributed by atoms with Gasteiger partial charge >= 0.3 is 0 Å². The van der Waals surface area contributed by atoms with Crippen molar-refractivity contribution in [3.8, 4) is 17.2 Å². The quantitative estimate of drug-likeness (QED) is 0.348. The molecule has 1 aliphatic rings. The molecule has 4 aromatic rings. The van der Waals surface area contributed by atoms with E-state index in [1.807, 2.05) is 55.5 Å². The summed E-state index contributed by atoms with van der Waals surface area (Å²) in [4.78, 5) is 26.1. The van der Waals surface area contributed by atoms with Crippen LogP contribution in [0.4, 0.5) is 11.4 Å². The number of aryl methyl sites for hydroxylation is 1. The zero-order chi connectivity index (χ0) is 22.2. The molecule has 0 radical (unpaired) electrons. The second-order valence-corrected chi connectivity index (χ2v) is 7.65. The van der Waals surface area contributed by atoms with Crippen molar-refractivity contribution in [2.45, 2.75) is 6.92 Å². The Morgan fingerprint density at radius 3 is 1.88 bits per heavy atom. The summed E-state index contributed by atoms with van der Waals surface area (Å²) < 4.78 is 5.86. The number of phenols is 1. The summed E-state index contributed by atoms with van der Waals surface area (Å²) in [5, 5.41) is 13.5. The second kappa shape index (κ2) is 7.71. The monoisotopic (exact) mass is 421 g/mol. The molecule has 5 heteroatoms. The lowest BCUT2D eigenvalue weighted by atomic mass is 9.82. The first-order valence-corrected chi connectivity index (χ1v) is 10.2. The third-order valence-corrected chi connectivity index (χ3v) is 5.44. The van der Waals surface area contributed by atoms with Gasteiger partial charge in [-0.15, -0.1) is 0 Å². The molecule has 32 heavy (non-hydrogen) atoms. The van der Waals surface area contributed by atoms with Crippen LogP contribution in [0.15, 0.2) is 84.9 Å². The number of benzene rings is 4. The number of nitrogens with one attached hydrogen (secondary N) is 1. The molecular weight excluding hydrogens is 402 g/mol. The van der Waals surface area contributed by atoms with Gasteiger partial charge in [0.2, 0.25) is 0 Å². The molecule has 0 bridgehead atoms. The van der Waals surface area contributed by atoms with Crippen molar-refractivity contribution >= 4 is 22.9 Å². The van der Waals surface area contributed by atoms with Crippen LogP contribution in [0.3, 0.4) is 0 Å². The molecule has 0 saturated carbocycles. The molecule has 5 rings (SSSR count). The first-order valence-electron chi connectivity index (χ1n) is 10.2. The van der Waals surface area contributed by atoms with E-state index in [0.717, 1.165) is 11.3 Å². The van der Waals surface area contributed by atoms with Gasteiger partial charge in [-0.05, 0) is 55.5 Å². The molecule has 0 unspecified atom stereocenters. The van der Waals surface area contributed by atoms with Crippen LogP contribution in [0.25, 0.3) is 0 Å². The van der Waals surface area contributed by atoms with Gasteiger partial charge in [0.1, 0.15) is 17.2 Å². The summed E-state index contributed by atoms with van der Waals surface area (Å²) in [6.07, 6.45) is 0. The summed E-state index contributed by atoms with van der Waals surface area (Å²) >= 11 is 0. The van der Waals surface area contributed by atoms with Gasteiger partial charge in [0.25, 0.3) is 0 Å². The number of ketones is 2. The molecule has 156 valence electrons. The first kappa shape index (κ1) is 19.6. The van der Waals surface area contributed by atoms with E-state index in [1.54, 1.807) is 30.3 Å². The highest BCUT2D eigenvalue weighted by Crippen LogP contribution is 2.38. The smallest absolute Gasteiger partial charge is 0.198 e. The van der Waals surface area contributed by atoms with Crippen molar-refractivity contribution in [1.82, 2.24) is 0 Å². The molecule has 0 fully saturated rings. The zero-order valence-corrected chi connectivity index (χ0v) is 17.3. The van der Waals surface area contributed by atoms with Crippen LogP contribution in [-0.4, -0.2) is 16.7 Å². The largest absolute Gasteiger partial charge is 0.507 e. The average Bonchev–Trinajstić information content (AvgIpc) is 2.81. The van der Waals surface area contributed by atoms with E-state index < -0.39 is 0 Å². The third-order valence-electron chi connectivity index (χ3n) is 5.44. The fraction of sp³-hybridized carbons (Fsp3) is 0.0370. The number of hydrogen-bond acceptors (Lipinski definition) is 5. The van der Waals surface area contributed by atoms with Crippen molar-refractivity contribution in [1.29, 1.82) is 0 Å². The molecule has 0 heterocycles. The standard InChI is InChI=1S/C27H19NO4/c1-16-6-10-18(11-7-16)32-19-12-8-17(9-13-19)28-22-14-15-23(29)25-24(22)26(30)20-4-2-3-5-21(20)27(25)31/h2-15,28-29H,1H3. The molecular formula is C27H19NO4. The van der Waals surface area contributed by atoms with Crippen LogP contribution in [0.5, 0.6) is 17.2 Å². The fourth-order valence-corrected chi connectivity index (χ4v) is 3.81. The number of ether oxygens (including phenoxy) is 1. The summed E-state index contributed by atoms with van der Waals surface area (Å²) in [7, 11) is 0. The van der Waals surface area contributed by atoms with E-state index in [2.05, 4.69) is 5.32 Å². The van der Waals surface area contributed by atoms with Gasteiger partial charge in [0.05, 0.1) is 16.8 Å². The van der Waals surface area contributed by atoms with Gasteiger partial charge < -0.3 is 15.2 Å². The predicted molar refractivity (Wildman–Crippen MR) is 122 cm³/mol. The van der Waals surface area contributed by atoms with Crippen LogP contribution in [0.1, 0.15) is 37.4 Å². The van der Waals surface area contributed by atoms with Crippen molar-refractivity contribution in [3.05, 3.63) is 113 Å². The Morgan fingerprint density at radius 1 is 0.688 bits per heavy atom. The molecule has 0 aromatic heterocycles. The minimum absolute atomic E-state index is 0.0259. The summed E-state index contributed by atoms with van der Waals surface area (Å²) in [5.41, 5.74) is 3.16. The number of phenolic OH excluding ortho intramolecular Hbond substituents is 1. The fourth-order valence-electron chi connectivity index (χ4n) is 3.81. The average molecular weight is 421 g/mol. The Kier molecular flexibility index (Phi) is 4.71. The lowest BCUT2D eigenvalue weighted by Crippen LogP contribution is -2.22. The number of carbonyl (C=O) groups is 2. The Hall–Kier alpha value is -4.38. The number of hydrogen-bond donors (Lipinski definition) is 2. The molecule has 2 N–H and O–H groups in total. The normalized spacial score (nSPS) is 12.2. The van der Waals surface area contributed by atoms with E-state index in [1.165, 1.54) is 6.07 Å². The molecule has 0 amide bonds. The Bertz CT molecular complexity index is 1360. The maximum atomic E-state index is 13.2. The SMILES string of the molecule is Cc1ccc(Oc2ccc(Nc3ccc(O)c4c3C(=O)c3ccccc3C4=O)cc2)cc1. The van der Waals surface area contributed by atoms with Crippen LogP contribution in [-0.2, 0) is 0 Å². The van der Waals surface area contributed by atoms with Crippen LogP contribution < -0.4 is 10.1 Å². The van der Waals surface area contributed by atoms with E-state index in [0.29, 0.717) is 28.3 Å². The minimum Gasteiger partial charge on any atom is -0.507 e. The van der Waals surface area contributed by atoms with Crippen molar-refractivity contribution in [3.63, 3.8) is 0 Å². The van der Waals surface area contributed by atoms with E-state index in [9.17, 15) is 14.7 Å². The van der Waals surface area contributed by atoms with Crippen molar-refractivity contribution in [2.75, 3.05) is 5.32 Å². The highest BCUT2D eigenvalue weighted by molar-refractivity contribution is 6.31. The highest BCUT2D eigenvalue weighted by Gasteiger charge is 2.33. The second-order valence-electron chi connectivity index (χ2n) is 7.65. The number of aromatic hydroxyl groups is 1. The summed E-state index contributed by atoms with van der Waals surface area (Å²) in [6, 6.07) is 24.7. The number of anilines is 2. The Morgan fingerprint density at radius 2 is 1.25 bits per heavy atom. The molecule has 5 nitrogen and oxygen atoms in total. The Balaban J connectivity index is 1.45. The van der Waals surface area contributed by atoms with Crippen LogP contribution >= 0.6 is 0 Å². The lowest BCUT2D eigenvalue weighted by molar-refractivity contribution is 0.0977. The predicted octanol–water partition coefficient (Wildman–Crippen LogP) is 6.01. The van der Waals surface area contributed by atoms with Crippen LogP contribution in [0.2, 0.25) is 0 Å². The number of rotatable bonds is 4. The summed E-state index contributed by atoms with van der Waals surface area (Å²) in [5.74, 6) is 0.547. The summed E-state index contributed by atoms with van der Waals surface area (Å²) in [6.45, 7) is 2.02. The molecule has 0 atom stereocenters. The van der Waals surface area contributed by atoms with Gasteiger partial charge in [-0.1, -0.05) is 42.0 Å². The van der Waals surface area contributed by atoms with Gasteiger partial charge in [-0.25, -0.2) is 0 Å². The van der Waals surface area contributed by atoms with Gasteiger partial charge in [-0.2, -0.15) is 0 Å². The zero-order valence-electron chi connectivity index (χ0n) is 17.3. The maximum Gasteiger partial charge on any atom is 0.198 e. The maximum absolute atomic E-state index is 13.2. The van der Waals surface area contributed by atoms with Crippen LogP contribution in [0, 0.1) is 6.92 Å². The van der Waals surface area contributed by atoms with E-state index in [4.69, 9.17) is 4.74 Å². The molecule has 4 aromatic carbocycles. The topological polar surface area (TPSA) is 75.6 Å². The lowest BCUT2D eigenvalue weighted by Gasteiger charge is -2.21. The highest BCUT2D eigenvalue weighted by atomic mass is 16.5. The Labute approximate surface area is 184 Å². The number of fused-ring (bicyclic) bond motifs is 2. The first-order chi connectivity index (χ1) is 15.5. The number of carbonyl (C=O) groups excluding carboxylic acids is 2. The van der Waals surface area contributed by atoms with Gasteiger partial charge in [0.15, 0.2) is 11.6 Å². The molecule has 0 saturated heterocycles. The van der Waals surface area contributed by atoms with E-state index >= 15 is 0 Å².